The summed E-state index contributed by atoms with van der Waals surface area (Å²) in [6.45, 7) is 1.75. The Labute approximate surface area is 203 Å². The van der Waals surface area contributed by atoms with E-state index in [1.54, 1.807) is 30.3 Å². The van der Waals surface area contributed by atoms with Crippen molar-refractivity contribution in [1.29, 1.82) is 0 Å². The number of benzene rings is 3. The Bertz CT molecular complexity index is 1230. The van der Waals surface area contributed by atoms with Crippen LogP contribution in [0.1, 0.15) is 34.0 Å². The zero-order chi connectivity index (χ0) is 25.0. The van der Waals surface area contributed by atoms with Gasteiger partial charge in [-0.2, -0.15) is 0 Å². The van der Waals surface area contributed by atoms with Crippen LogP contribution in [-0.2, 0) is 24.1 Å². The lowest BCUT2D eigenvalue weighted by atomic mass is 9.91. The van der Waals surface area contributed by atoms with Gasteiger partial charge < -0.3 is 19.5 Å². The standard InChI is InChI=1S/C28H28FNO5/c1-28(16-20-10-6-7-11-23(20)29)17-22-14-21(15-24(34-2)26(22)35-28)27(33)30(18-25(31)32)13-12-19-8-4-3-5-9-19/h3-11,14-15H,12-13,16-18H2,1-2H3,(H,31,32). The van der Waals surface area contributed by atoms with Crippen molar-refractivity contribution in [3.8, 4) is 11.5 Å². The summed E-state index contributed by atoms with van der Waals surface area (Å²) in [5.41, 5.74) is 1.94. The van der Waals surface area contributed by atoms with Gasteiger partial charge in [0.1, 0.15) is 18.0 Å². The Balaban J connectivity index is 1.58. The number of fused-ring (bicyclic) bond motifs is 1. The van der Waals surface area contributed by atoms with E-state index in [-0.39, 0.29) is 12.4 Å². The molecule has 7 heteroatoms. The summed E-state index contributed by atoms with van der Waals surface area (Å²) in [4.78, 5) is 26.2. The number of carboxylic acid groups (broad SMARTS) is 1. The van der Waals surface area contributed by atoms with Gasteiger partial charge in [0.2, 0.25) is 0 Å². The second-order valence-electron chi connectivity index (χ2n) is 9.02. The molecular weight excluding hydrogens is 449 g/mol. The number of ether oxygens (including phenoxy) is 2. The average molecular weight is 478 g/mol. The van der Waals surface area contributed by atoms with Crippen LogP contribution in [0, 0.1) is 5.82 Å². The molecule has 35 heavy (non-hydrogen) atoms. The highest BCUT2D eigenvalue weighted by Gasteiger charge is 2.38. The minimum atomic E-state index is -1.08. The quantitative estimate of drug-likeness (QED) is 0.490. The first-order chi connectivity index (χ1) is 16.8. The third-order valence-corrected chi connectivity index (χ3v) is 6.16. The van der Waals surface area contributed by atoms with E-state index in [0.717, 1.165) is 11.1 Å². The molecule has 0 spiro atoms. The Kier molecular flexibility index (Phi) is 7.05. The van der Waals surface area contributed by atoms with E-state index in [0.29, 0.717) is 41.9 Å². The molecule has 4 rings (SSSR count). The molecular formula is C28H28FNO5. The van der Waals surface area contributed by atoms with Gasteiger partial charge in [0, 0.05) is 30.5 Å². The van der Waals surface area contributed by atoms with E-state index in [1.807, 2.05) is 37.3 Å². The van der Waals surface area contributed by atoms with E-state index in [2.05, 4.69) is 0 Å². The van der Waals surface area contributed by atoms with Crippen molar-refractivity contribution >= 4 is 11.9 Å². The van der Waals surface area contributed by atoms with Crippen molar-refractivity contribution in [2.24, 2.45) is 0 Å². The lowest BCUT2D eigenvalue weighted by Gasteiger charge is -2.24. The van der Waals surface area contributed by atoms with Crippen molar-refractivity contribution in [2.75, 3.05) is 20.2 Å². The SMILES string of the molecule is COc1cc(C(=O)N(CCc2ccccc2)CC(=O)O)cc2c1OC(C)(Cc1ccccc1F)C2. The number of amides is 1. The summed E-state index contributed by atoms with van der Waals surface area (Å²) in [5.74, 6) is -0.857. The maximum Gasteiger partial charge on any atom is 0.323 e. The highest BCUT2D eigenvalue weighted by atomic mass is 19.1. The van der Waals surface area contributed by atoms with Crippen molar-refractivity contribution in [3.05, 3.63) is 94.8 Å². The van der Waals surface area contributed by atoms with Gasteiger partial charge in [-0.15, -0.1) is 0 Å². The first-order valence-corrected chi connectivity index (χ1v) is 11.5. The van der Waals surface area contributed by atoms with Gasteiger partial charge in [0.15, 0.2) is 11.5 Å². The predicted octanol–water partition coefficient (Wildman–Crippen LogP) is 4.54. The molecule has 1 atom stereocenters. The smallest absolute Gasteiger partial charge is 0.323 e. The maximum atomic E-state index is 14.3. The number of carboxylic acids is 1. The van der Waals surface area contributed by atoms with Gasteiger partial charge in [-0.25, -0.2) is 4.39 Å². The van der Waals surface area contributed by atoms with Gasteiger partial charge in [-0.1, -0.05) is 48.5 Å². The van der Waals surface area contributed by atoms with Crippen LogP contribution >= 0.6 is 0 Å². The highest BCUT2D eigenvalue weighted by Crippen LogP contribution is 2.44. The first kappa shape index (κ1) is 24.3. The molecule has 3 aromatic rings. The van der Waals surface area contributed by atoms with Crippen molar-refractivity contribution in [2.45, 2.75) is 31.8 Å². The molecule has 1 amide bonds. The molecule has 0 radical (unpaired) electrons. The molecule has 1 aliphatic heterocycles. The molecule has 1 heterocycles. The number of hydrogen-bond acceptors (Lipinski definition) is 4. The normalized spacial score (nSPS) is 16.3. The molecule has 0 aromatic heterocycles. The Morgan fingerprint density at radius 1 is 1.11 bits per heavy atom. The third-order valence-electron chi connectivity index (χ3n) is 6.16. The second-order valence-corrected chi connectivity index (χ2v) is 9.02. The lowest BCUT2D eigenvalue weighted by molar-refractivity contribution is -0.137. The number of aliphatic carboxylic acids is 1. The summed E-state index contributed by atoms with van der Waals surface area (Å²) in [7, 11) is 1.49. The molecule has 1 unspecified atom stereocenters. The Hall–Kier alpha value is -3.87. The second kappa shape index (κ2) is 10.2. The van der Waals surface area contributed by atoms with E-state index in [9.17, 15) is 19.1 Å². The monoisotopic (exact) mass is 477 g/mol. The van der Waals surface area contributed by atoms with Crippen LogP contribution in [0.2, 0.25) is 0 Å². The van der Waals surface area contributed by atoms with Crippen molar-refractivity contribution in [3.63, 3.8) is 0 Å². The van der Waals surface area contributed by atoms with Gasteiger partial charge in [0.25, 0.3) is 5.91 Å². The molecule has 0 bridgehead atoms. The molecule has 0 fully saturated rings. The molecule has 0 saturated carbocycles. The maximum absolute atomic E-state index is 14.3. The van der Waals surface area contributed by atoms with Crippen LogP contribution in [0.15, 0.2) is 66.7 Å². The van der Waals surface area contributed by atoms with Crippen molar-refractivity contribution in [1.82, 2.24) is 4.90 Å². The van der Waals surface area contributed by atoms with E-state index >= 15 is 0 Å². The molecule has 1 N–H and O–H groups in total. The number of carbonyl (C=O) groups is 2. The van der Waals surface area contributed by atoms with Crippen LogP contribution in [0.4, 0.5) is 4.39 Å². The van der Waals surface area contributed by atoms with Gasteiger partial charge in [-0.3, -0.25) is 9.59 Å². The molecule has 1 aliphatic rings. The molecule has 0 saturated heterocycles. The van der Waals surface area contributed by atoms with Crippen LogP contribution < -0.4 is 9.47 Å². The van der Waals surface area contributed by atoms with Gasteiger partial charge in [-0.05, 0) is 42.7 Å². The fourth-order valence-corrected chi connectivity index (χ4v) is 4.52. The molecule has 3 aromatic carbocycles. The number of methoxy groups -OCH3 is 1. The fraction of sp³-hybridized carbons (Fsp3) is 0.286. The molecule has 0 aliphatic carbocycles. The number of rotatable bonds is 9. The van der Waals surface area contributed by atoms with E-state index < -0.39 is 24.0 Å². The van der Waals surface area contributed by atoms with Crippen LogP contribution in [-0.4, -0.2) is 47.7 Å². The van der Waals surface area contributed by atoms with E-state index in [1.165, 1.54) is 18.1 Å². The van der Waals surface area contributed by atoms with Crippen LogP contribution in [0.3, 0.4) is 0 Å². The summed E-state index contributed by atoms with van der Waals surface area (Å²) in [6.07, 6.45) is 1.34. The van der Waals surface area contributed by atoms with E-state index in [4.69, 9.17) is 9.47 Å². The first-order valence-electron chi connectivity index (χ1n) is 11.5. The number of hydrogen-bond donors (Lipinski definition) is 1. The largest absolute Gasteiger partial charge is 0.493 e. The Morgan fingerprint density at radius 2 is 1.83 bits per heavy atom. The van der Waals surface area contributed by atoms with Gasteiger partial charge >= 0.3 is 5.97 Å². The summed E-state index contributed by atoms with van der Waals surface area (Å²) in [5, 5.41) is 9.39. The average Bonchev–Trinajstić information content (AvgIpc) is 3.18. The molecule has 182 valence electrons. The fourth-order valence-electron chi connectivity index (χ4n) is 4.52. The van der Waals surface area contributed by atoms with Crippen molar-refractivity contribution < 1.29 is 28.6 Å². The summed E-state index contributed by atoms with van der Waals surface area (Å²) >= 11 is 0. The topological polar surface area (TPSA) is 76.1 Å². The van der Waals surface area contributed by atoms with Crippen LogP contribution in [0.25, 0.3) is 0 Å². The van der Waals surface area contributed by atoms with Gasteiger partial charge in [0.05, 0.1) is 7.11 Å². The summed E-state index contributed by atoms with van der Waals surface area (Å²) < 4.78 is 26.0. The predicted molar refractivity (Wildman–Crippen MR) is 130 cm³/mol. The number of halogens is 1. The highest BCUT2D eigenvalue weighted by molar-refractivity contribution is 5.97. The number of nitrogens with zero attached hydrogens (tertiary/aromatic N) is 1. The molecule has 6 nitrogen and oxygen atoms in total. The summed E-state index contributed by atoms with van der Waals surface area (Å²) in [6, 6.07) is 19.5. The third kappa shape index (κ3) is 5.62. The minimum Gasteiger partial charge on any atom is -0.493 e. The van der Waals surface area contributed by atoms with Crippen LogP contribution in [0.5, 0.6) is 11.5 Å². The lowest BCUT2D eigenvalue weighted by Crippen LogP contribution is -2.37. The Morgan fingerprint density at radius 3 is 2.51 bits per heavy atom. The number of carbonyl (C=O) groups excluding carboxylic acids is 1. The minimum absolute atomic E-state index is 0.260. The zero-order valence-corrected chi connectivity index (χ0v) is 19.8. The zero-order valence-electron chi connectivity index (χ0n) is 19.8.